The van der Waals surface area contributed by atoms with Gasteiger partial charge in [0.25, 0.3) is 0 Å². The van der Waals surface area contributed by atoms with Crippen molar-refractivity contribution in [1.29, 1.82) is 0 Å². The van der Waals surface area contributed by atoms with Crippen LogP contribution in [-0.4, -0.2) is 11.7 Å². The average molecular weight is 310 g/mol. The summed E-state index contributed by atoms with van der Waals surface area (Å²) in [5, 5.41) is 8.39. The first-order valence-electron chi connectivity index (χ1n) is 3.84. The van der Waals surface area contributed by atoms with Crippen molar-refractivity contribution in [2.75, 3.05) is 6.61 Å². The van der Waals surface area contributed by atoms with Crippen LogP contribution in [0, 0.1) is 6.42 Å². The number of aliphatic hydroxyl groups excluding tert-OH is 1. The van der Waals surface area contributed by atoms with E-state index in [1.165, 1.54) is 25.7 Å². The maximum atomic E-state index is 8.39. The summed E-state index contributed by atoms with van der Waals surface area (Å²) >= 11 is 0. The van der Waals surface area contributed by atoms with Gasteiger partial charge in [0.1, 0.15) is 0 Å². The summed E-state index contributed by atoms with van der Waals surface area (Å²) in [5.74, 6) is 0. The van der Waals surface area contributed by atoms with Crippen LogP contribution in [0.4, 0.5) is 0 Å². The van der Waals surface area contributed by atoms with E-state index in [1.54, 1.807) is 0 Å². The molecule has 0 heterocycles. The fourth-order valence-corrected chi connectivity index (χ4v) is 0.774. The Kier molecular flexibility index (Phi) is 16.5. The molecule has 0 aliphatic rings. The molecular weight excluding hydrogens is 293 g/mol. The number of hydrogen-bond donors (Lipinski definition) is 1. The van der Waals surface area contributed by atoms with Crippen molar-refractivity contribution in [3.05, 3.63) is 6.42 Å². The normalized spacial score (nSPS) is 9.00. The first-order valence-corrected chi connectivity index (χ1v) is 3.84. The molecule has 0 aromatic rings. The van der Waals surface area contributed by atoms with Crippen LogP contribution in [0.25, 0.3) is 0 Å². The van der Waals surface area contributed by atoms with Gasteiger partial charge in [0.2, 0.25) is 0 Å². The van der Waals surface area contributed by atoms with Crippen molar-refractivity contribution in [3.63, 3.8) is 0 Å². The molecule has 0 unspecified atom stereocenters. The van der Waals surface area contributed by atoms with Gasteiger partial charge in [0.15, 0.2) is 0 Å². The number of aliphatic hydroxyl groups is 1. The number of unbranched alkanes of at least 4 members (excludes halogenated alkanes) is 5. The molecule has 1 N–H and O–H groups in total. The molecule has 0 atom stereocenters. The first kappa shape index (κ1) is 13.3. The van der Waals surface area contributed by atoms with E-state index in [-0.39, 0.29) is 22.4 Å². The quantitative estimate of drug-likeness (QED) is 0.589. The summed E-state index contributed by atoms with van der Waals surface area (Å²) < 4.78 is 0. The predicted molar refractivity (Wildman–Crippen MR) is 40.1 cm³/mol. The third-order valence-corrected chi connectivity index (χ3v) is 1.35. The summed E-state index contributed by atoms with van der Waals surface area (Å²) in [5.41, 5.74) is 0. The molecule has 1 nitrogen and oxygen atoms in total. The molecule has 0 bridgehead atoms. The molecule has 2 heteroatoms. The maximum absolute atomic E-state index is 8.39. The van der Waals surface area contributed by atoms with E-state index < -0.39 is 0 Å². The first-order chi connectivity index (χ1) is 4.41. The second-order valence-corrected chi connectivity index (χ2v) is 2.30. The van der Waals surface area contributed by atoms with E-state index in [4.69, 9.17) is 5.11 Å². The van der Waals surface area contributed by atoms with E-state index in [0.29, 0.717) is 6.61 Å². The summed E-state index contributed by atoms with van der Waals surface area (Å²) in [6.45, 7) is 2.51. The van der Waals surface area contributed by atoms with E-state index in [9.17, 15) is 0 Å². The van der Waals surface area contributed by atoms with Gasteiger partial charge < -0.3 is 11.5 Å². The molecule has 10 heavy (non-hydrogen) atoms. The van der Waals surface area contributed by atoms with Gasteiger partial charge in [0, 0.05) is 29.0 Å². The van der Waals surface area contributed by atoms with Crippen LogP contribution in [-0.2, 0) is 22.4 Å². The second-order valence-electron chi connectivity index (χ2n) is 2.30. The van der Waals surface area contributed by atoms with Crippen molar-refractivity contribution in [2.45, 2.75) is 39.0 Å². The molecule has 0 rings (SSSR count). The van der Waals surface area contributed by atoms with Crippen molar-refractivity contribution in [3.8, 4) is 0 Å². The molecule has 0 fully saturated rings. The molecule has 61 valence electrons. The van der Waals surface area contributed by atoms with Gasteiger partial charge in [-0.15, -0.1) is 0 Å². The molecule has 0 saturated heterocycles. The predicted octanol–water partition coefficient (Wildman–Crippen LogP) is 2.15. The minimum atomic E-state index is 0. The van der Waals surface area contributed by atoms with Gasteiger partial charge in [-0.3, -0.25) is 0 Å². The Morgan fingerprint density at radius 2 is 1.90 bits per heavy atom. The van der Waals surface area contributed by atoms with Gasteiger partial charge in [-0.1, -0.05) is 26.2 Å². The van der Waals surface area contributed by atoms with E-state index in [1.807, 2.05) is 0 Å². The Hall–Kier alpha value is 0.700. The van der Waals surface area contributed by atoms with Crippen LogP contribution in [0.15, 0.2) is 0 Å². The average Bonchev–Trinajstić information content (AvgIpc) is 1.89. The Balaban J connectivity index is 0. The molecular formula is C8H17OTa-. The summed E-state index contributed by atoms with van der Waals surface area (Å²) in [6, 6.07) is 0. The molecule has 0 aliphatic heterocycles. The van der Waals surface area contributed by atoms with Crippen LogP contribution in [0.1, 0.15) is 39.0 Å². The van der Waals surface area contributed by atoms with Crippen molar-refractivity contribution in [2.24, 2.45) is 0 Å². The molecule has 0 spiro atoms. The Morgan fingerprint density at radius 1 is 1.20 bits per heavy atom. The smallest absolute Gasteiger partial charge is 0.0161 e. The topological polar surface area (TPSA) is 20.2 Å². The third kappa shape index (κ3) is 11.5. The summed E-state index contributed by atoms with van der Waals surface area (Å²) in [6.07, 6.45) is 8.10. The van der Waals surface area contributed by atoms with Crippen LogP contribution in [0.5, 0.6) is 0 Å². The third-order valence-electron chi connectivity index (χ3n) is 1.35. The van der Waals surface area contributed by atoms with Crippen LogP contribution >= 0.6 is 0 Å². The van der Waals surface area contributed by atoms with Crippen LogP contribution < -0.4 is 0 Å². The standard InChI is InChI=1S/C8H17O.Ta/c1-2-3-4-5-6-7-8-9;/h6,9H,2-5,7-8H2,1H3;/q-1;. The largest absolute Gasteiger partial charge is 0.399 e. The van der Waals surface area contributed by atoms with E-state index in [0.717, 1.165) is 6.42 Å². The van der Waals surface area contributed by atoms with Crippen molar-refractivity contribution < 1.29 is 27.5 Å². The fourth-order valence-electron chi connectivity index (χ4n) is 0.774. The zero-order valence-corrected chi connectivity index (χ0v) is 9.93. The SMILES string of the molecule is CCCCC[CH-]CCO.[Ta]. The Bertz CT molecular complexity index is 42.5. The monoisotopic (exact) mass is 310 g/mol. The number of hydrogen-bond acceptors (Lipinski definition) is 1. The van der Waals surface area contributed by atoms with Gasteiger partial charge in [-0.05, 0) is 0 Å². The Labute approximate surface area is 79.7 Å². The minimum Gasteiger partial charge on any atom is -0.399 e. The molecule has 1 radical (unpaired) electrons. The number of rotatable bonds is 6. The van der Waals surface area contributed by atoms with Gasteiger partial charge in [-0.2, -0.15) is 12.8 Å². The summed E-state index contributed by atoms with van der Waals surface area (Å²) in [7, 11) is 0. The molecule has 0 aliphatic carbocycles. The Morgan fingerprint density at radius 3 is 2.40 bits per heavy atom. The van der Waals surface area contributed by atoms with Crippen molar-refractivity contribution in [1.82, 2.24) is 0 Å². The van der Waals surface area contributed by atoms with Gasteiger partial charge >= 0.3 is 0 Å². The molecule has 0 saturated carbocycles. The van der Waals surface area contributed by atoms with Gasteiger partial charge in [-0.25, -0.2) is 0 Å². The zero-order valence-electron chi connectivity index (χ0n) is 6.71. The zero-order chi connectivity index (χ0) is 6.95. The minimum absolute atomic E-state index is 0. The van der Waals surface area contributed by atoms with Crippen molar-refractivity contribution >= 4 is 0 Å². The van der Waals surface area contributed by atoms with Crippen LogP contribution in [0.3, 0.4) is 0 Å². The molecule has 0 aromatic carbocycles. The van der Waals surface area contributed by atoms with Gasteiger partial charge in [0.05, 0.1) is 0 Å². The maximum Gasteiger partial charge on any atom is 0.0161 e. The molecule has 0 amide bonds. The van der Waals surface area contributed by atoms with E-state index in [2.05, 4.69) is 13.3 Å². The molecule has 0 aromatic heterocycles. The summed E-state index contributed by atoms with van der Waals surface area (Å²) in [4.78, 5) is 0. The van der Waals surface area contributed by atoms with Crippen LogP contribution in [0.2, 0.25) is 0 Å². The van der Waals surface area contributed by atoms with E-state index >= 15 is 0 Å². The second kappa shape index (κ2) is 12.4. The fraction of sp³-hybridized carbons (Fsp3) is 0.875.